The molecule has 2 aromatic rings. The van der Waals surface area contributed by atoms with Crippen LogP contribution in [0.4, 0.5) is 18.9 Å². The molecule has 1 amide bonds. The Morgan fingerprint density at radius 1 is 1.43 bits per heavy atom. The van der Waals surface area contributed by atoms with E-state index in [-0.39, 0.29) is 23.2 Å². The number of amides is 1. The maximum absolute atomic E-state index is 12.7. The molecular formula is C18H20ClF3N4OS. The molecule has 10 heteroatoms. The maximum Gasteiger partial charge on any atom is 0.389 e. The van der Waals surface area contributed by atoms with E-state index in [1.54, 1.807) is 37.6 Å². The number of hydrogen-bond donors (Lipinski definition) is 0. The molecule has 0 aliphatic carbocycles. The Labute approximate surface area is 170 Å². The highest BCUT2D eigenvalue weighted by atomic mass is 35.5. The summed E-state index contributed by atoms with van der Waals surface area (Å²) < 4.78 is 38.0. The molecule has 0 radical (unpaired) electrons. The number of rotatable bonds is 9. The predicted molar refractivity (Wildman–Crippen MR) is 106 cm³/mol. The average Bonchev–Trinajstić information content (AvgIpc) is 3.03. The molecule has 0 spiro atoms. The van der Waals surface area contributed by atoms with E-state index >= 15 is 0 Å². The zero-order valence-corrected chi connectivity index (χ0v) is 16.8. The van der Waals surface area contributed by atoms with Crippen molar-refractivity contribution < 1.29 is 18.0 Å². The third-order valence-corrected chi connectivity index (χ3v) is 5.14. The van der Waals surface area contributed by atoms with Gasteiger partial charge in [0.15, 0.2) is 5.15 Å². The van der Waals surface area contributed by atoms with E-state index in [0.29, 0.717) is 29.2 Å². The fourth-order valence-corrected chi connectivity index (χ4v) is 3.49. The van der Waals surface area contributed by atoms with Crippen LogP contribution in [0, 0.1) is 0 Å². The lowest BCUT2D eigenvalue weighted by Gasteiger charge is -2.20. The minimum absolute atomic E-state index is 0.0108. The number of pyridine rings is 1. The van der Waals surface area contributed by atoms with Gasteiger partial charge in [0.1, 0.15) is 5.69 Å². The minimum Gasteiger partial charge on any atom is -0.305 e. The van der Waals surface area contributed by atoms with Crippen LogP contribution in [-0.2, 0) is 4.79 Å². The fraction of sp³-hybridized carbons (Fsp3) is 0.389. The van der Waals surface area contributed by atoms with Gasteiger partial charge in [0.05, 0.1) is 18.1 Å². The normalized spacial score (nSPS) is 11.5. The lowest BCUT2D eigenvalue weighted by Crippen LogP contribution is -2.32. The number of halogens is 4. The third-order valence-electron chi connectivity index (χ3n) is 3.74. The van der Waals surface area contributed by atoms with Gasteiger partial charge in [0.2, 0.25) is 0 Å². The van der Waals surface area contributed by atoms with Gasteiger partial charge in [-0.15, -0.1) is 0 Å². The molecule has 0 aliphatic rings. The summed E-state index contributed by atoms with van der Waals surface area (Å²) in [5.74, 6) is 0.220. The molecule has 2 aromatic heterocycles. The SMILES string of the molecule is C=C(CSCCCC(F)(F)F)C(=O)N(CC)c1cn(-c2cccnc2)nc1Cl. The van der Waals surface area contributed by atoms with Crippen LogP contribution < -0.4 is 4.90 Å². The van der Waals surface area contributed by atoms with Crippen molar-refractivity contribution in [3.63, 3.8) is 0 Å². The Morgan fingerprint density at radius 2 is 2.18 bits per heavy atom. The summed E-state index contributed by atoms with van der Waals surface area (Å²) in [6.07, 6.45) is -0.0982. The molecule has 0 saturated carbocycles. The number of carbonyl (C=O) groups excluding carboxylic acids is 1. The molecular weight excluding hydrogens is 413 g/mol. The number of thioether (sulfide) groups is 1. The standard InChI is InChI=1S/C18H20ClF3N4OS/c1-3-25(17(27)13(2)12-28-9-5-7-18(20,21)22)15-11-26(24-16(15)19)14-6-4-8-23-10-14/h4,6,8,10-11H,2-3,5,7,9,12H2,1H3. The number of likely N-dealkylation sites (N-methyl/N-ethyl adjacent to an activating group) is 1. The predicted octanol–water partition coefficient (Wildman–Crippen LogP) is 4.91. The van der Waals surface area contributed by atoms with Gasteiger partial charge in [0, 0.05) is 30.5 Å². The lowest BCUT2D eigenvalue weighted by molar-refractivity contribution is -0.134. The summed E-state index contributed by atoms with van der Waals surface area (Å²) in [6.45, 7) is 5.91. The van der Waals surface area contributed by atoms with Gasteiger partial charge in [-0.1, -0.05) is 18.2 Å². The second kappa shape index (κ2) is 9.97. The topological polar surface area (TPSA) is 51.0 Å². The van der Waals surface area contributed by atoms with Gasteiger partial charge in [-0.3, -0.25) is 9.78 Å². The first-order valence-electron chi connectivity index (χ1n) is 8.52. The molecule has 0 N–H and O–H groups in total. The Hall–Kier alpha value is -2.00. The lowest BCUT2D eigenvalue weighted by atomic mass is 10.3. The zero-order chi connectivity index (χ0) is 20.7. The highest BCUT2D eigenvalue weighted by Gasteiger charge is 2.26. The number of aromatic nitrogens is 3. The molecule has 2 heterocycles. The number of anilines is 1. The second-order valence-electron chi connectivity index (χ2n) is 5.89. The summed E-state index contributed by atoms with van der Waals surface area (Å²) >= 11 is 7.47. The molecule has 152 valence electrons. The number of nitrogens with zero attached hydrogens (tertiary/aromatic N) is 4. The summed E-state index contributed by atoms with van der Waals surface area (Å²) in [6, 6.07) is 3.56. The van der Waals surface area contributed by atoms with Crippen LogP contribution in [0.5, 0.6) is 0 Å². The van der Waals surface area contributed by atoms with E-state index in [2.05, 4.69) is 16.7 Å². The molecule has 0 atom stereocenters. The monoisotopic (exact) mass is 432 g/mol. The van der Waals surface area contributed by atoms with Crippen LogP contribution in [0.25, 0.3) is 5.69 Å². The van der Waals surface area contributed by atoms with Gasteiger partial charge >= 0.3 is 6.18 Å². The van der Waals surface area contributed by atoms with Crippen molar-refractivity contribution in [3.05, 3.63) is 48.0 Å². The van der Waals surface area contributed by atoms with Gasteiger partial charge in [-0.2, -0.15) is 30.0 Å². The van der Waals surface area contributed by atoms with E-state index < -0.39 is 12.6 Å². The van der Waals surface area contributed by atoms with Gasteiger partial charge in [-0.25, -0.2) is 4.68 Å². The van der Waals surface area contributed by atoms with Crippen molar-refractivity contribution in [2.24, 2.45) is 0 Å². The van der Waals surface area contributed by atoms with Gasteiger partial charge in [-0.05, 0) is 31.2 Å². The maximum atomic E-state index is 12.7. The summed E-state index contributed by atoms with van der Waals surface area (Å²) in [4.78, 5) is 18.2. The van der Waals surface area contributed by atoms with Crippen LogP contribution in [0.15, 0.2) is 42.9 Å². The van der Waals surface area contributed by atoms with Gasteiger partial charge in [0.25, 0.3) is 5.91 Å². The highest BCUT2D eigenvalue weighted by Crippen LogP contribution is 2.28. The van der Waals surface area contributed by atoms with Crippen molar-refractivity contribution in [2.45, 2.75) is 25.9 Å². The molecule has 0 saturated heterocycles. The smallest absolute Gasteiger partial charge is 0.305 e. The minimum atomic E-state index is -4.16. The molecule has 2 rings (SSSR count). The second-order valence-corrected chi connectivity index (χ2v) is 7.35. The first-order valence-corrected chi connectivity index (χ1v) is 10.1. The summed E-state index contributed by atoms with van der Waals surface area (Å²) in [5, 5.41) is 4.36. The third kappa shape index (κ3) is 6.27. The number of hydrogen-bond acceptors (Lipinski definition) is 4. The van der Waals surface area contributed by atoms with Crippen LogP contribution in [0.3, 0.4) is 0 Å². The van der Waals surface area contributed by atoms with Crippen LogP contribution in [-0.4, -0.2) is 44.9 Å². The molecule has 0 aromatic carbocycles. The van der Waals surface area contributed by atoms with Crippen LogP contribution in [0.2, 0.25) is 5.15 Å². The molecule has 0 unspecified atom stereocenters. The first kappa shape index (κ1) is 22.3. The number of alkyl halides is 3. The quantitative estimate of drug-likeness (QED) is 0.417. The van der Waals surface area contributed by atoms with Crippen molar-refractivity contribution >= 4 is 35.0 Å². The summed E-state index contributed by atoms with van der Waals surface area (Å²) in [7, 11) is 0. The first-order chi connectivity index (χ1) is 13.2. The molecule has 0 fully saturated rings. The van der Waals surface area contributed by atoms with Crippen molar-refractivity contribution in [3.8, 4) is 5.69 Å². The Bertz CT molecular complexity index is 811. The van der Waals surface area contributed by atoms with Gasteiger partial charge < -0.3 is 4.90 Å². The Balaban J connectivity index is 1.99. The van der Waals surface area contributed by atoms with E-state index in [1.807, 2.05) is 0 Å². The molecule has 0 bridgehead atoms. The van der Waals surface area contributed by atoms with Crippen molar-refractivity contribution in [2.75, 3.05) is 23.0 Å². The average molecular weight is 433 g/mol. The zero-order valence-electron chi connectivity index (χ0n) is 15.2. The van der Waals surface area contributed by atoms with E-state index in [0.717, 1.165) is 0 Å². The van der Waals surface area contributed by atoms with Crippen molar-refractivity contribution in [1.82, 2.24) is 14.8 Å². The molecule has 5 nitrogen and oxygen atoms in total. The Morgan fingerprint density at radius 3 is 2.79 bits per heavy atom. The van der Waals surface area contributed by atoms with Crippen LogP contribution >= 0.6 is 23.4 Å². The molecule has 0 aliphatic heterocycles. The number of carbonyl (C=O) groups is 1. The van der Waals surface area contributed by atoms with E-state index in [9.17, 15) is 18.0 Å². The van der Waals surface area contributed by atoms with Crippen molar-refractivity contribution in [1.29, 1.82) is 0 Å². The molecule has 28 heavy (non-hydrogen) atoms. The fourth-order valence-electron chi connectivity index (χ4n) is 2.39. The summed E-state index contributed by atoms with van der Waals surface area (Å²) in [5.41, 5.74) is 1.42. The van der Waals surface area contributed by atoms with Crippen LogP contribution in [0.1, 0.15) is 19.8 Å². The Kier molecular flexibility index (Phi) is 7.94. The van der Waals surface area contributed by atoms with E-state index in [4.69, 9.17) is 11.6 Å². The highest BCUT2D eigenvalue weighted by molar-refractivity contribution is 7.99. The van der Waals surface area contributed by atoms with E-state index in [1.165, 1.54) is 21.3 Å². The largest absolute Gasteiger partial charge is 0.389 e.